The van der Waals surface area contributed by atoms with Crippen LogP contribution in [0.15, 0.2) is 10.9 Å². The van der Waals surface area contributed by atoms with E-state index in [9.17, 15) is 9.59 Å². The van der Waals surface area contributed by atoms with Crippen molar-refractivity contribution in [1.82, 2.24) is 20.4 Å². The minimum atomic E-state index is -0.366. The van der Waals surface area contributed by atoms with Crippen LogP contribution >= 0.6 is 0 Å². The molecule has 1 aliphatic heterocycles. The van der Waals surface area contributed by atoms with Crippen molar-refractivity contribution < 1.29 is 14.1 Å². The molecule has 1 aromatic heterocycles. The molecule has 1 saturated heterocycles. The molecule has 1 N–H and O–H groups in total. The molecular weight excluding hydrogens is 188 g/mol. The smallest absolute Gasteiger partial charge is 0.324 e. The van der Waals surface area contributed by atoms with Gasteiger partial charge in [-0.2, -0.15) is 4.98 Å². The van der Waals surface area contributed by atoms with Crippen LogP contribution in [0.4, 0.5) is 4.79 Å². The number of urea groups is 1. The van der Waals surface area contributed by atoms with E-state index < -0.39 is 0 Å². The summed E-state index contributed by atoms with van der Waals surface area (Å²) in [5.74, 6) is 0.178. The van der Waals surface area contributed by atoms with Gasteiger partial charge in [-0.3, -0.25) is 10.1 Å². The first-order valence-electron chi connectivity index (χ1n) is 4.10. The van der Waals surface area contributed by atoms with Crippen molar-refractivity contribution in [2.75, 3.05) is 13.1 Å². The van der Waals surface area contributed by atoms with E-state index in [0.29, 0.717) is 18.9 Å². The number of aromatic nitrogens is 2. The van der Waals surface area contributed by atoms with Crippen molar-refractivity contribution in [2.45, 2.75) is 6.42 Å². The van der Waals surface area contributed by atoms with Crippen molar-refractivity contribution in [1.29, 1.82) is 0 Å². The first-order valence-corrected chi connectivity index (χ1v) is 4.10. The van der Waals surface area contributed by atoms with E-state index in [1.807, 2.05) is 0 Å². The fraction of sp³-hybridized carbons (Fsp3) is 0.429. The Hall–Kier alpha value is -1.92. The van der Waals surface area contributed by atoms with Crippen molar-refractivity contribution in [3.05, 3.63) is 12.2 Å². The second-order valence-electron chi connectivity index (χ2n) is 2.86. The Kier molecular flexibility index (Phi) is 2.13. The van der Waals surface area contributed by atoms with E-state index in [1.54, 1.807) is 0 Å². The zero-order valence-electron chi connectivity index (χ0n) is 7.27. The number of hydrogen-bond acceptors (Lipinski definition) is 5. The average Bonchev–Trinajstić information content (AvgIpc) is 2.72. The second-order valence-corrected chi connectivity index (χ2v) is 2.86. The van der Waals surface area contributed by atoms with Gasteiger partial charge >= 0.3 is 6.03 Å². The first kappa shape index (κ1) is 8.67. The van der Waals surface area contributed by atoms with Gasteiger partial charge in [0.2, 0.25) is 11.8 Å². The van der Waals surface area contributed by atoms with E-state index in [-0.39, 0.29) is 18.5 Å². The molecule has 0 unspecified atom stereocenters. The minimum absolute atomic E-state index is 0.104. The molecule has 7 nitrogen and oxygen atoms in total. The van der Waals surface area contributed by atoms with Gasteiger partial charge in [-0.15, -0.1) is 0 Å². The molecule has 0 bridgehead atoms. The third-order valence-corrected chi connectivity index (χ3v) is 1.87. The van der Waals surface area contributed by atoms with Crippen LogP contribution in [0, 0.1) is 0 Å². The predicted molar refractivity (Wildman–Crippen MR) is 43.1 cm³/mol. The zero-order valence-corrected chi connectivity index (χ0v) is 7.27. The number of rotatable bonds is 3. The number of nitrogens with one attached hydrogen (secondary N) is 1. The molecule has 2 rings (SSSR count). The van der Waals surface area contributed by atoms with Gasteiger partial charge in [-0.1, -0.05) is 5.16 Å². The van der Waals surface area contributed by atoms with Gasteiger partial charge in [0, 0.05) is 13.0 Å². The Balaban J connectivity index is 1.87. The average molecular weight is 196 g/mol. The van der Waals surface area contributed by atoms with Gasteiger partial charge in [0.05, 0.1) is 0 Å². The van der Waals surface area contributed by atoms with Gasteiger partial charge < -0.3 is 9.42 Å². The summed E-state index contributed by atoms with van der Waals surface area (Å²) in [6.45, 7) is 0.507. The molecule has 0 radical (unpaired) electrons. The Morgan fingerprint density at radius 2 is 2.43 bits per heavy atom. The summed E-state index contributed by atoms with van der Waals surface area (Å²) in [6, 6.07) is -0.366. The number of amides is 3. The van der Waals surface area contributed by atoms with Gasteiger partial charge in [0.1, 0.15) is 6.54 Å². The fourth-order valence-electron chi connectivity index (χ4n) is 1.20. The van der Waals surface area contributed by atoms with E-state index in [0.717, 1.165) is 0 Å². The summed E-state index contributed by atoms with van der Waals surface area (Å²) in [5.41, 5.74) is 0. The highest BCUT2D eigenvalue weighted by Gasteiger charge is 2.26. The second kappa shape index (κ2) is 3.44. The molecule has 3 amide bonds. The molecule has 2 heterocycles. The summed E-state index contributed by atoms with van der Waals surface area (Å²) in [4.78, 5) is 27.1. The molecule has 1 fully saturated rings. The Bertz CT molecular complexity index is 348. The number of imide groups is 1. The molecule has 0 aliphatic carbocycles. The molecule has 0 spiro atoms. The van der Waals surface area contributed by atoms with Gasteiger partial charge in [0.15, 0.2) is 6.33 Å². The highest BCUT2D eigenvalue weighted by molar-refractivity contribution is 6.01. The topological polar surface area (TPSA) is 88.3 Å². The summed E-state index contributed by atoms with van der Waals surface area (Å²) < 4.78 is 4.75. The van der Waals surface area contributed by atoms with Crippen LogP contribution in [0.1, 0.15) is 5.89 Å². The number of carbonyl (C=O) groups excluding carboxylic acids is 2. The van der Waals surface area contributed by atoms with Crippen LogP contribution in [0.25, 0.3) is 0 Å². The van der Waals surface area contributed by atoms with Crippen molar-refractivity contribution in [2.24, 2.45) is 0 Å². The normalized spacial score (nSPS) is 16.1. The SMILES string of the molecule is O=C1CN(CCc2ncno2)C(=O)N1. The Morgan fingerprint density at radius 1 is 1.57 bits per heavy atom. The Morgan fingerprint density at radius 3 is 3.00 bits per heavy atom. The third-order valence-electron chi connectivity index (χ3n) is 1.87. The summed E-state index contributed by atoms with van der Waals surface area (Å²) in [5, 5.41) is 5.61. The molecule has 1 aromatic rings. The fourth-order valence-corrected chi connectivity index (χ4v) is 1.20. The number of hydrogen-bond donors (Lipinski definition) is 1. The summed E-state index contributed by atoms with van der Waals surface area (Å²) >= 11 is 0. The lowest BCUT2D eigenvalue weighted by atomic mass is 10.4. The lowest BCUT2D eigenvalue weighted by molar-refractivity contribution is -0.118. The van der Waals surface area contributed by atoms with E-state index in [1.165, 1.54) is 11.2 Å². The monoisotopic (exact) mass is 196 g/mol. The van der Waals surface area contributed by atoms with Gasteiger partial charge in [0.25, 0.3) is 0 Å². The quantitative estimate of drug-likeness (QED) is 0.637. The number of carbonyl (C=O) groups is 2. The van der Waals surface area contributed by atoms with Crippen LogP contribution in [0.2, 0.25) is 0 Å². The summed E-state index contributed by atoms with van der Waals surface area (Å²) in [7, 11) is 0. The van der Waals surface area contributed by atoms with Crippen LogP contribution in [-0.4, -0.2) is 40.1 Å². The maximum absolute atomic E-state index is 11.1. The molecule has 1 aliphatic rings. The van der Waals surface area contributed by atoms with Crippen LogP contribution in [0.5, 0.6) is 0 Å². The van der Waals surface area contributed by atoms with Crippen LogP contribution in [-0.2, 0) is 11.2 Å². The molecular formula is C7H8N4O3. The van der Waals surface area contributed by atoms with Crippen LogP contribution in [0.3, 0.4) is 0 Å². The zero-order chi connectivity index (χ0) is 9.97. The molecule has 0 saturated carbocycles. The third kappa shape index (κ3) is 1.70. The van der Waals surface area contributed by atoms with Crippen molar-refractivity contribution in [3.63, 3.8) is 0 Å². The summed E-state index contributed by atoms with van der Waals surface area (Å²) in [6.07, 6.45) is 1.76. The molecule has 14 heavy (non-hydrogen) atoms. The minimum Gasteiger partial charge on any atom is -0.340 e. The van der Waals surface area contributed by atoms with Crippen molar-refractivity contribution >= 4 is 11.9 Å². The maximum Gasteiger partial charge on any atom is 0.324 e. The highest BCUT2D eigenvalue weighted by atomic mass is 16.5. The lowest BCUT2D eigenvalue weighted by Gasteiger charge is -2.10. The molecule has 7 heteroatoms. The van der Waals surface area contributed by atoms with E-state index in [2.05, 4.69) is 15.5 Å². The number of nitrogens with zero attached hydrogens (tertiary/aromatic N) is 3. The molecule has 0 atom stereocenters. The Labute approximate surface area is 79.1 Å². The standard InChI is InChI=1S/C7H8N4O3/c12-5-3-11(7(13)10-5)2-1-6-8-4-9-14-6/h4H,1-3H2,(H,10,12,13). The van der Waals surface area contributed by atoms with Gasteiger partial charge in [-0.05, 0) is 0 Å². The largest absolute Gasteiger partial charge is 0.340 e. The van der Waals surface area contributed by atoms with E-state index in [4.69, 9.17) is 4.52 Å². The molecule has 0 aromatic carbocycles. The highest BCUT2D eigenvalue weighted by Crippen LogP contribution is 2.01. The van der Waals surface area contributed by atoms with E-state index >= 15 is 0 Å². The van der Waals surface area contributed by atoms with Crippen LogP contribution < -0.4 is 5.32 Å². The first-order chi connectivity index (χ1) is 6.75. The van der Waals surface area contributed by atoms with Gasteiger partial charge in [-0.25, -0.2) is 4.79 Å². The predicted octanol–water partition coefficient (Wildman–Crippen LogP) is -0.836. The van der Waals surface area contributed by atoms with Crippen molar-refractivity contribution in [3.8, 4) is 0 Å². The maximum atomic E-state index is 11.1. The molecule has 74 valence electrons. The lowest BCUT2D eigenvalue weighted by Crippen LogP contribution is -2.30.